The van der Waals surface area contributed by atoms with Crippen LogP contribution in [-0.2, 0) is 4.79 Å². The maximum atomic E-state index is 12.2. The fourth-order valence-corrected chi connectivity index (χ4v) is 2.10. The van der Waals surface area contributed by atoms with E-state index in [9.17, 15) is 9.59 Å². The van der Waals surface area contributed by atoms with Crippen molar-refractivity contribution < 1.29 is 9.59 Å². The summed E-state index contributed by atoms with van der Waals surface area (Å²) >= 11 is 0. The number of nitrogens with zero attached hydrogens (tertiary/aromatic N) is 2. The molecule has 0 aromatic heterocycles. The zero-order chi connectivity index (χ0) is 13.1. The largest absolute Gasteiger partial charge is 0.337 e. The summed E-state index contributed by atoms with van der Waals surface area (Å²) in [5.74, 6) is 0.0122. The van der Waals surface area contributed by atoms with E-state index in [1.165, 1.54) is 0 Å². The van der Waals surface area contributed by atoms with Gasteiger partial charge in [0.2, 0.25) is 0 Å². The van der Waals surface area contributed by atoms with E-state index in [4.69, 9.17) is 5.26 Å². The molecule has 1 fully saturated rings. The molecule has 1 aromatic carbocycles. The van der Waals surface area contributed by atoms with Gasteiger partial charge in [0.05, 0.1) is 11.6 Å². The number of carbonyl (C=O) groups excluding carboxylic acids is 2. The van der Waals surface area contributed by atoms with E-state index in [2.05, 4.69) is 0 Å². The summed E-state index contributed by atoms with van der Waals surface area (Å²) in [4.78, 5) is 25.3. The van der Waals surface area contributed by atoms with Crippen LogP contribution in [0.3, 0.4) is 0 Å². The minimum Gasteiger partial charge on any atom is -0.337 e. The highest BCUT2D eigenvalue weighted by Gasteiger charge is 2.27. The lowest BCUT2D eigenvalue weighted by Crippen LogP contribution is -2.43. The van der Waals surface area contributed by atoms with Crippen molar-refractivity contribution in [1.82, 2.24) is 4.90 Å². The summed E-state index contributed by atoms with van der Waals surface area (Å²) in [5, 5.41) is 8.81. The first-order valence-corrected chi connectivity index (χ1v) is 5.94. The Bertz CT molecular complexity index is 531. The number of rotatable bonds is 1. The Balaban J connectivity index is 2.16. The van der Waals surface area contributed by atoms with Crippen molar-refractivity contribution in [3.8, 4) is 6.07 Å². The van der Waals surface area contributed by atoms with Crippen molar-refractivity contribution in [3.63, 3.8) is 0 Å². The number of likely N-dealkylation sites (tertiary alicyclic amines) is 1. The standard InChI is InChI=1S/C14H14N2O2/c1-10-9-16(6-5-13(10)17)14(18)12-4-2-3-11(7-12)8-15/h2-4,7,10H,5-6,9H2,1H3. The van der Waals surface area contributed by atoms with E-state index in [-0.39, 0.29) is 17.6 Å². The Labute approximate surface area is 106 Å². The Kier molecular flexibility index (Phi) is 3.42. The van der Waals surface area contributed by atoms with E-state index in [0.717, 1.165) is 0 Å². The van der Waals surface area contributed by atoms with Crippen molar-refractivity contribution in [1.29, 1.82) is 5.26 Å². The number of ketones is 1. The molecule has 0 aliphatic carbocycles. The Morgan fingerprint density at radius 1 is 1.50 bits per heavy atom. The van der Waals surface area contributed by atoms with Gasteiger partial charge in [-0.05, 0) is 18.2 Å². The molecular weight excluding hydrogens is 228 g/mol. The molecular formula is C14H14N2O2. The summed E-state index contributed by atoms with van der Waals surface area (Å²) in [7, 11) is 0. The first-order valence-electron chi connectivity index (χ1n) is 5.94. The topological polar surface area (TPSA) is 61.2 Å². The molecule has 92 valence electrons. The highest BCUT2D eigenvalue weighted by atomic mass is 16.2. The van der Waals surface area contributed by atoms with Gasteiger partial charge in [0.1, 0.15) is 5.78 Å². The van der Waals surface area contributed by atoms with E-state index in [1.807, 2.05) is 13.0 Å². The number of benzene rings is 1. The fraction of sp³-hybridized carbons (Fsp3) is 0.357. The molecule has 1 amide bonds. The van der Waals surface area contributed by atoms with Crippen LogP contribution in [0.4, 0.5) is 0 Å². The molecule has 0 saturated carbocycles. The Morgan fingerprint density at radius 2 is 2.28 bits per heavy atom. The van der Waals surface area contributed by atoms with Crippen LogP contribution in [0.2, 0.25) is 0 Å². The van der Waals surface area contributed by atoms with Crippen LogP contribution in [0.1, 0.15) is 29.3 Å². The Hall–Kier alpha value is -2.15. The van der Waals surface area contributed by atoms with Crippen molar-refractivity contribution in [2.45, 2.75) is 13.3 Å². The molecule has 1 saturated heterocycles. The predicted octanol–water partition coefficient (Wildman–Crippen LogP) is 1.61. The summed E-state index contributed by atoms with van der Waals surface area (Å²) in [6.45, 7) is 2.78. The molecule has 0 radical (unpaired) electrons. The second kappa shape index (κ2) is 5.01. The monoisotopic (exact) mass is 242 g/mol. The normalized spacial score (nSPS) is 19.4. The maximum absolute atomic E-state index is 12.2. The molecule has 4 nitrogen and oxygen atoms in total. The van der Waals surface area contributed by atoms with Crippen LogP contribution in [0, 0.1) is 17.2 Å². The van der Waals surface area contributed by atoms with Gasteiger partial charge < -0.3 is 4.90 Å². The second-order valence-corrected chi connectivity index (χ2v) is 4.56. The summed E-state index contributed by atoms with van der Waals surface area (Å²) in [6.07, 6.45) is 0.421. The van der Waals surface area contributed by atoms with Crippen LogP contribution < -0.4 is 0 Å². The van der Waals surface area contributed by atoms with Gasteiger partial charge in [-0.3, -0.25) is 9.59 Å². The van der Waals surface area contributed by atoms with Crippen LogP contribution in [0.25, 0.3) is 0 Å². The molecule has 18 heavy (non-hydrogen) atoms. The van der Waals surface area contributed by atoms with Gasteiger partial charge in [-0.2, -0.15) is 5.26 Å². The molecule has 0 bridgehead atoms. The minimum absolute atomic E-state index is 0.0955. The van der Waals surface area contributed by atoms with Crippen molar-refractivity contribution in [2.75, 3.05) is 13.1 Å². The van der Waals surface area contributed by atoms with Crippen molar-refractivity contribution in [2.24, 2.45) is 5.92 Å². The molecule has 4 heteroatoms. The average molecular weight is 242 g/mol. The van der Waals surface area contributed by atoms with E-state index < -0.39 is 0 Å². The second-order valence-electron chi connectivity index (χ2n) is 4.56. The number of hydrogen-bond donors (Lipinski definition) is 0. The highest BCUT2D eigenvalue weighted by Crippen LogP contribution is 2.16. The Morgan fingerprint density at radius 3 is 2.94 bits per heavy atom. The third-order valence-electron chi connectivity index (χ3n) is 3.20. The van der Waals surface area contributed by atoms with Gasteiger partial charge in [-0.1, -0.05) is 13.0 Å². The van der Waals surface area contributed by atoms with Gasteiger partial charge in [-0.15, -0.1) is 0 Å². The smallest absolute Gasteiger partial charge is 0.253 e. The molecule has 2 rings (SSSR count). The minimum atomic E-state index is -0.105. The number of piperidine rings is 1. The van der Waals surface area contributed by atoms with E-state index in [0.29, 0.717) is 30.6 Å². The quantitative estimate of drug-likeness (QED) is 0.751. The van der Waals surface area contributed by atoms with E-state index >= 15 is 0 Å². The molecule has 1 aliphatic heterocycles. The van der Waals surface area contributed by atoms with Gasteiger partial charge in [0.15, 0.2) is 0 Å². The average Bonchev–Trinajstić information content (AvgIpc) is 2.41. The van der Waals surface area contributed by atoms with Crippen LogP contribution in [0.15, 0.2) is 24.3 Å². The summed E-state index contributed by atoms with van der Waals surface area (Å²) < 4.78 is 0. The van der Waals surface area contributed by atoms with Crippen molar-refractivity contribution in [3.05, 3.63) is 35.4 Å². The van der Waals surface area contributed by atoms with Gasteiger partial charge in [0, 0.05) is 31.0 Å². The molecule has 1 atom stereocenters. The first kappa shape index (κ1) is 12.3. The third-order valence-corrected chi connectivity index (χ3v) is 3.20. The first-order chi connectivity index (χ1) is 8.61. The molecule has 1 aromatic rings. The maximum Gasteiger partial charge on any atom is 0.253 e. The molecule has 0 spiro atoms. The lowest BCUT2D eigenvalue weighted by Gasteiger charge is -2.30. The summed E-state index contributed by atoms with van der Waals surface area (Å²) in [5.41, 5.74) is 0.984. The van der Waals surface area contributed by atoms with Crippen molar-refractivity contribution >= 4 is 11.7 Å². The zero-order valence-corrected chi connectivity index (χ0v) is 10.2. The number of Topliss-reactive ketones (excluding diaryl/α,β-unsaturated/α-hetero) is 1. The third kappa shape index (κ3) is 2.40. The predicted molar refractivity (Wildman–Crippen MR) is 65.8 cm³/mol. The lowest BCUT2D eigenvalue weighted by molar-refractivity contribution is -0.124. The number of carbonyl (C=O) groups is 2. The van der Waals surface area contributed by atoms with Crippen LogP contribution >= 0.6 is 0 Å². The van der Waals surface area contributed by atoms with Gasteiger partial charge >= 0.3 is 0 Å². The molecule has 1 aliphatic rings. The highest BCUT2D eigenvalue weighted by molar-refractivity contribution is 5.96. The number of hydrogen-bond acceptors (Lipinski definition) is 3. The molecule has 0 N–H and O–H groups in total. The van der Waals surface area contributed by atoms with Crippen LogP contribution in [-0.4, -0.2) is 29.7 Å². The van der Waals surface area contributed by atoms with Gasteiger partial charge in [-0.25, -0.2) is 0 Å². The zero-order valence-electron chi connectivity index (χ0n) is 10.2. The van der Waals surface area contributed by atoms with Gasteiger partial charge in [0.25, 0.3) is 5.91 Å². The number of nitriles is 1. The lowest BCUT2D eigenvalue weighted by atomic mass is 9.98. The molecule has 1 heterocycles. The summed E-state index contributed by atoms with van der Waals surface area (Å²) in [6, 6.07) is 8.67. The van der Waals surface area contributed by atoms with E-state index in [1.54, 1.807) is 29.2 Å². The number of amides is 1. The molecule has 1 unspecified atom stereocenters. The van der Waals surface area contributed by atoms with Crippen LogP contribution in [0.5, 0.6) is 0 Å². The fourth-order valence-electron chi connectivity index (χ4n) is 2.10. The SMILES string of the molecule is CC1CN(C(=O)c2cccc(C#N)c2)CCC1=O.